The van der Waals surface area contributed by atoms with Crippen LogP contribution in [0, 0.1) is 0 Å². The lowest BCUT2D eigenvalue weighted by molar-refractivity contribution is -0.111. The number of likely N-dealkylation sites (N-methyl/N-ethyl adjacent to an activating group) is 1. The lowest BCUT2D eigenvalue weighted by atomic mass is 10.00. The van der Waals surface area contributed by atoms with Crippen LogP contribution in [0.4, 0.5) is 5.69 Å². The Kier molecular flexibility index (Phi) is 3.31. The van der Waals surface area contributed by atoms with Crippen molar-refractivity contribution in [1.29, 1.82) is 0 Å². The number of hydrogen-bond donors (Lipinski definition) is 1. The smallest absolute Gasteiger partial charge is 0.165 e. The van der Waals surface area contributed by atoms with Crippen LogP contribution in [0.25, 0.3) is 0 Å². The number of carbonyl (C=O) groups is 1. The molecule has 4 heteroatoms. The van der Waals surface area contributed by atoms with Crippen molar-refractivity contribution in [2.45, 2.75) is 5.66 Å². The molecule has 1 unspecified atom stereocenters. The van der Waals surface area contributed by atoms with Gasteiger partial charge in [-0.05, 0) is 6.07 Å². The Morgan fingerprint density at radius 3 is 2.52 bits per heavy atom. The summed E-state index contributed by atoms with van der Waals surface area (Å²) in [5, 5.41) is 0. The summed E-state index contributed by atoms with van der Waals surface area (Å²) >= 11 is 0. The van der Waals surface area contributed by atoms with Gasteiger partial charge >= 0.3 is 0 Å². The number of fused-ring (bicyclic) bond motifs is 1. The first-order valence-corrected chi connectivity index (χ1v) is 6.84. The van der Waals surface area contributed by atoms with Gasteiger partial charge in [-0.15, -0.1) is 0 Å². The van der Waals surface area contributed by atoms with E-state index < -0.39 is 5.66 Å². The number of aliphatic imine (C=N–C) groups is 1. The Balaban J connectivity index is 2.22. The maximum Gasteiger partial charge on any atom is 0.165 e. The minimum atomic E-state index is -1.12. The summed E-state index contributed by atoms with van der Waals surface area (Å²) in [6, 6.07) is 17.8. The second kappa shape index (κ2) is 5.14. The van der Waals surface area contributed by atoms with Gasteiger partial charge in [-0.25, -0.2) is 0 Å². The van der Waals surface area contributed by atoms with E-state index in [0.717, 1.165) is 28.8 Å². The monoisotopic (exact) mass is 279 g/mol. The average molecular weight is 279 g/mol. The van der Waals surface area contributed by atoms with Crippen molar-refractivity contribution >= 4 is 17.7 Å². The first kappa shape index (κ1) is 13.5. The normalized spacial score (nSPS) is 21.2. The Hall–Kier alpha value is -2.46. The summed E-state index contributed by atoms with van der Waals surface area (Å²) < 4.78 is 0. The molecule has 0 bridgehead atoms. The molecular weight excluding hydrogens is 262 g/mol. The Bertz CT molecular complexity index is 696. The second-order valence-corrected chi connectivity index (χ2v) is 5.22. The SMILES string of the molecule is CN1c2ccccc2C(c2ccccc2)=NCC1(N)C=O. The van der Waals surface area contributed by atoms with Gasteiger partial charge in [0.1, 0.15) is 0 Å². The van der Waals surface area contributed by atoms with E-state index >= 15 is 0 Å². The van der Waals surface area contributed by atoms with E-state index in [2.05, 4.69) is 4.99 Å². The molecule has 1 heterocycles. The molecule has 0 amide bonds. The van der Waals surface area contributed by atoms with Crippen molar-refractivity contribution in [1.82, 2.24) is 0 Å². The van der Waals surface area contributed by atoms with Crippen LogP contribution >= 0.6 is 0 Å². The number of benzodiazepines with no additional fused rings is 1. The molecule has 0 saturated carbocycles. The summed E-state index contributed by atoms with van der Waals surface area (Å²) in [6.07, 6.45) is 0.765. The fourth-order valence-corrected chi connectivity index (χ4v) is 2.55. The summed E-state index contributed by atoms with van der Waals surface area (Å²) in [6.45, 7) is 0.228. The maximum absolute atomic E-state index is 11.5. The van der Waals surface area contributed by atoms with Crippen molar-refractivity contribution in [3.63, 3.8) is 0 Å². The van der Waals surface area contributed by atoms with E-state index in [1.54, 1.807) is 4.90 Å². The molecule has 1 atom stereocenters. The highest BCUT2D eigenvalue weighted by molar-refractivity contribution is 6.16. The number of aldehydes is 1. The molecule has 21 heavy (non-hydrogen) atoms. The molecule has 1 aliphatic rings. The lowest BCUT2D eigenvalue weighted by Crippen LogP contribution is -2.58. The van der Waals surface area contributed by atoms with Crippen LogP contribution in [0.5, 0.6) is 0 Å². The lowest BCUT2D eigenvalue weighted by Gasteiger charge is -2.33. The highest BCUT2D eigenvalue weighted by Gasteiger charge is 2.34. The number of anilines is 1. The van der Waals surface area contributed by atoms with E-state index in [1.807, 2.05) is 61.6 Å². The van der Waals surface area contributed by atoms with Gasteiger partial charge < -0.3 is 10.6 Å². The number of nitrogens with zero attached hydrogens (tertiary/aromatic N) is 2. The van der Waals surface area contributed by atoms with Gasteiger partial charge in [-0.3, -0.25) is 9.79 Å². The molecule has 0 fully saturated rings. The Morgan fingerprint density at radius 1 is 1.14 bits per heavy atom. The van der Waals surface area contributed by atoms with Gasteiger partial charge in [0, 0.05) is 23.9 Å². The predicted octanol–water partition coefficient (Wildman–Crippen LogP) is 1.83. The number of hydrogen-bond acceptors (Lipinski definition) is 4. The highest BCUT2D eigenvalue weighted by Crippen LogP contribution is 2.29. The predicted molar refractivity (Wildman–Crippen MR) is 84.8 cm³/mol. The van der Waals surface area contributed by atoms with Crippen LogP contribution in [0.2, 0.25) is 0 Å². The van der Waals surface area contributed by atoms with Crippen molar-refractivity contribution in [3.8, 4) is 0 Å². The van der Waals surface area contributed by atoms with Crippen LogP contribution in [0.1, 0.15) is 11.1 Å². The number of para-hydroxylation sites is 1. The summed E-state index contributed by atoms with van der Waals surface area (Å²) in [5.74, 6) is 0. The largest absolute Gasteiger partial charge is 0.348 e. The third kappa shape index (κ3) is 2.23. The minimum Gasteiger partial charge on any atom is -0.348 e. The number of rotatable bonds is 2. The zero-order chi connectivity index (χ0) is 14.9. The van der Waals surface area contributed by atoms with Crippen molar-refractivity contribution in [2.24, 2.45) is 10.7 Å². The molecule has 0 spiro atoms. The standard InChI is InChI=1S/C17H17N3O/c1-20-15-10-6-5-9-14(15)16(13-7-3-2-4-8-13)19-11-17(20,18)12-21/h2-10,12H,11,18H2,1H3. The fraction of sp³-hybridized carbons (Fsp3) is 0.176. The summed E-state index contributed by atoms with van der Waals surface area (Å²) in [4.78, 5) is 17.9. The molecule has 0 aromatic heterocycles. The Morgan fingerprint density at radius 2 is 1.81 bits per heavy atom. The van der Waals surface area contributed by atoms with E-state index in [-0.39, 0.29) is 6.54 Å². The maximum atomic E-state index is 11.5. The van der Waals surface area contributed by atoms with Gasteiger partial charge in [0.25, 0.3) is 0 Å². The van der Waals surface area contributed by atoms with Crippen molar-refractivity contribution in [3.05, 3.63) is 65.7 Å². The molecule has 2 N–H and O–H groups in total. The van der Waals surface area contributed by atoms with E-state index in [9.17, 15) is 4.79 Å². The van der Waals surface area contributed by atoms with Gasteiger partial charge in [0.2, 0.25) is 0 Å². The van der Waals surface area contributed by atoms with E-state index in [4.69, 9.17) is 5.73 Å². The third-order valence-electron chi connectivity index (χ3n) is 3.89. The Labute approximate surface area is 123 Å². The van der Waals surface area contributed by atoms with Crippen molar-refractivity contribution < 1.29 is 4.79 Å². The molecule has 4 nitrogen and oxygen atoms in total. The quantitative estimate of drug-likeness (QED) is 0.853. The second-order valence-electron chi connectivity index (χ2n) is 5.22. The van der Waals surface area contributed by atoms with Gasteiger partial charge in [-0.1, -0.05) is 48.5 Å². The van der Waals surface area contributed by atoms with E-state index in [1.165, 1.54) is 0 Å². The topological polar surface area (TPSA) is 58.7 Å². The molecule has 0 radical (unpaired) electrons. The molecular formula is C17H17N3O. The highest BCUT2D eigenvalue weighted by atomic mass is 16.1. The molecule has 2 aromatic rings. The fourth-order valence-electron chi connectivity index (χ4n) is 2.55. The zero-order valence-corrected chi connectivity index (χ0v) is 11.9. The molecule has 2 aromatic carbocycles. The molecule has 106 valence electrons. The summed E-state index contributed by atoms with van der Waals surface area (Å²) in [5.41, 5.74) is 8.87. The summed E-state index contributed by atoms with van der Waals surface area (Å²) in [7, 11) is 1.83. The molecule has 1 aliphatic heterocycles. The van der Waals surface area contributed by atoms with Crippen LogP contribution in [-0.2, 0) is 4.79 Å². The van der Waals surface area contributed by atoms with Crippen molar-refractivity contribution in [2.75, 3.05) is 18.5 Å². The molecule has 0 saturated heterocycles. The number of nitrogens with two attached hydrogens (primary N) is 1. The van der Waals surface area contributed by atoms with Gasteiger partial charge in [0.15, 0.2) is 11.9 Å². The number of carbonyl (C=O) groups excluding carboxylic acids is 1. The first-order valence-electron chi connectivity index (χ1n) is 6.84. The molecule has 0 aliphatic carbocycles. The first-order chi connectivity index (χ1) is 10.2. The minimum absolute atomic E-state index is 0.228. The average Bonchev–Trinajstić information content (AvgIpc) is 2.65. The molecule has 3 rings (SSSR count). The van der Waals surface area contributed by atoms with Crippen LogP contribution in [0.15, 0.2) is 59.6 Å². The van der Waals surface area contributed by atoms with Gasteiger partial charge in [0.05, 0.1) is 12.3 Å². The van der Waals surface area contributed by atoms with Gasteiger partial charge in [-0.2, -0.15) is 0 Å². The third-order valence-corrected chi connectivity index (χ3v) is 3.89. The zero-order valence-electron chi connectivity index (χ0n) is 11.9. The van der Waals surface area contributed by atoms with Crippen LogP contribution in [-0.4, -0.2) is 31.3 Å². The van der Waals surface area contributed by atoms with Crippen LogP contribution in [0.3, 0.4) is 0 Å². The van der Waals surface area contributed by atoms with E-state index in [0.29, 0.717) is 0 Å². The van der Waals surface area contributed by atoms with Crippen LogP contribution < -0.4 is 10.6 Å². The number of benzene rings is 2.